The van der Waals surface area contributed by atoms with Gasteiger partial charge in [0.25, 0.3) is 0 Å². The maximum Gasteiger partial charge on any atom is 0.340 e. The molecule has 0 fully saturated rings. The Kier molecular flexibility index (Phi) is 7.06. The highest BCUT2D eigenvalue weighted by Gasteiger charge is 2.37. The molecule has 1 aromatic rings. The van der Waals surface area contributed by atoms with Crippen molar-refractivity contribution in [2.45, 2.75) is 79.4 Å². The molecular weight excluding hydrogens is 422 g/mol. The van der Waals surface area contributed by atoms with Gasteiger partial charge in [0, 0.05) is 40.5 Å². The summed E-state index contributed by atoms with van der Waals surface area (Å²) in [7, 11) is 1.82. The fourth-order valence-electron chi connectivity index (χ4n) is 4.29. The molecule has 0 N–H and O–H groups in total. The van der Waals surface area contributed by atoms with E-state index in [2.05, 4.69) is 19.9 Å². The van der Waals surface area contributed by atoms with Gasteiger partial charge in [-0.15, -0.1) is 11.3 Å². The number of hydrogen-bond acceptors (Lipinski definition) is 5. The highest BCUT2D eigenvalue weighted by molar-refractivity contribution is 7.13. The number of amides is 1. The van der Waals surface area contributed by atoms with Gasteiger partial charge in [-0.2, -0.15) is 0 Å². The van der Waals surface area contributed by atoms with Gasteiger partial charge in [-0.05, 0) is 70.4 Å². The van der Waals surface area contributed by atoms with Crippen molar-refractivity contribution < 1.29 is 19.1 Å². The monoisotopic (exact) mass is 459 g/mol. The Hall–Kier alpha value is -1.92. The molecule has 32 heavy (non-hydrogen) atoms. The molecule has 0 saturated heterocycles. The van der Waals surface area contributed by atoms with Crippen LogP contribution in [-0.2, 0) is 19.1 Å². The number of ether oxygens (including phenoxy) is 2. The molecule has 5 nitrogen and oxygen atoms in total. The molecule has 1 unspecified atom stereocenters. The van der Waals surface area contributed by atoms with Crippen LogP contribution in [0, 0.1) is 12.3 Å². The highest BCUT2D eigenvalue weighted by atomic mass is 32.1. The van der Waals surface area contributed by atoms with Gasteiger partial charge in [0.1, 0.15) is 0 Å². The normalized spacial score (nSPS) is 19.6. The average molecular weight is 460 g/mol. The Morgan fingerprint density at radius 3 is 2.47 bits per heavy atom. The molecule has 0 aromatic carbocycles. The van der Waals surface area contributed by atoms with Gasteiger partial charge in [-0.3, -0.25) is 4.79 Å². The lowest BCUT2D eigenvalue weighted by molar-refractivity contribution is -0.166. The Morgan fingerprint density at radius 1 is 1.28 bits per heavy atom. The zero-order valence-electron chi connectivity index (χ0n) is 20.8. The number of rotatable bonds is 6. The molecule has 6 heteroatoms. The number of aryl methyl sites for hydroxylation is 1. The number of allylic oxidation sites excluding steroid dienone is 2. The van der Waals surface area contributed by atoms with Crippen LogP contribution in [0.25, 0.3) is 11.1 Å². The molecule has 0 radical (unpaired) electrons. The van der Waals surface area contributed by atoms with Crippen molar-refractivity contribution in [3.63, 3.8) is 0 Å². The minimum absolute atomic E-state index is 0.0187. The SMILES string of the molecule is CCOC(=O)C(OC(C)(C)C)c1c(C)sc(C2=CC(=O)N(C)C2)c1C1=CCC(C)(C)CC1. The third kappa shape index (κ3) is 5.34. The molecule has 2 aliphatic rings. The van der Waals surface area contributed by atoms with Crippen LogP contribution in [0.15, 0.2) is 12.2 Å². The lowest BCUT2D eigenvalue weighted by Crippen LogP contribution is -2.29. The summed E-state index contributed by atoms with van der Waals surface area (Å²) in [6.07, 6.45) is 6.24. The number of carbonyl (C=O) groups excluding carboxylic acids is 2. The molecule has 1 atom stereocenters. The maximum atomic E-state index is 13.1. The van der Waals surface area contributed by atoms with Crippen molar-refractivity contribution in [1.82, 2.24) is 4.90 Å². The second kappa shape index (κ2) is 9.14. The quantitative estimate of drug-likeness (QED) is 0.495. The summed E-state index contributed by atoms with van der Waals surface area (Å²) in [6, 6.07) is 0. The molecule has 1 aliphatic carbocycles. The molecule has 2 heterocycles. The Balaban J connectivity index is 2.20. The van der Waals surface area contributed by atoms with E-state index in [1.54, 1.807) is 22.3 Å². The van der Waals surface area contributed by atoms with Crippen molar-refractivity contribution in [2.24, 2.45) is 5.41 Å². The second-order valence-electron chi connectivity index (χ2n) is 10.6. The predicted molar refractivity (Wildman–Crippen MR) is 130 cm³/mol. The topological polar surface area (TPSA) is 55.8 Å². The fourth-order valence-corrected chi connectivity index (χ4v) is 5.52. The molecule has 0 saturated carbocycles. The summed E-state index contributed by atoms with van der Waals surface area (Å²) in [5.41, 5.74) is 3.96. The summed E-state index contributed by atoms with van der Waals surface area (Å²) in [5, 5.41) is 0. The van der Waals surface area contributed by atoms with E-state index in [-0.39, 0.29) is 17.3 Å². The summed E-state index contributed by atoms with van der Waals surface area (Å²) in [6.45, 7) is 15.2. The van der Waals surface area contributed by atoms with Crippen LogP contribution in [0.5, 0.6) is 0 Å². The van der Waals surface area contributed by atoms with E-state index in [9.17, 15) is 9.59 Å². The van der Waals surface area contributed by atoms with E-state index in [0.29, 0.717) is 13.2 Å². The summed E-state index contributed by atoms with van der Waals surface area (Å²) >= 11 is 1.65. The molecular formula is C26H37NO4S. The zero-order chi connectivity index (χ0) is 23.8. The molecule has 0 bridgehead atoms. The standard InChI is InChI=1S/C26H37NO4S/c1-9-30-24(29)22(31-25(3,4)5)20-16(2)32-23(18-14-19(28)27(8)15-18)21(20)17-10-12-26(6,7)13-11-17/h10,14,22H,9,11-13,15H2,1-8H3. The minimum Gasteiger partial charge on any atom is -0.464 e. The van der Waals surface area contributed by atoms with Gasteiger partial charge >= 0.3 is 5.97 Å². The first-order chi connectivity index (χ1) is 14.8. The Bertz CT molecular complexity index is 961. The fraction of sp³-hybridized carbons (Fsp3) is 0.615. The molecule has 3 rings (SSSR count). The molecule has 1 aromatic heterocycles. The lowest BCUT2D eigenvalue weighted by Gasteiger charge is -2.31. The van der Waals surface area contributed by atoms with Gasteiger partial charge in [-0.1, -0.05) is 19.9 Å². The minimum atomic E-state index is -0.804. The van der Waals surface area contributed by atoms with Gasteiger partial charge in [0.05, 0.1) is 12.2 Å². The van der Waals surface area contributed by atoms with E-state index < -0.39 is 11.7 Å². The van der Waals surface area contributed by atoms with Gasteiger partial charge in [0.15, 0.2) is 6.10 Å². The van der Waals surface area contributed by atoms with E-state index in [1.165, 1.54) is 5.57 Å². The number of likely N-dealkylation sites (N-methyl/N-ethyl adjacent to an activating group) is 1. The van der Waals surface area contributed by atoms with Gasteiger partial charge < -0.3 is 14.4 Å². The molecule has 176 valence electrons. The van der Waals surface area contributed by atoms with Crippen molar-refractivity contribution in [3.05, 3.63) is 33.0 Å². The Labute approximate surface area is 196 Å². The van der Waals surface area contributed by atoms with Gasteiger partial charge in [-0.25, -0.2) is 4.79 Å². The summed E-state index contributed by atoms with van der Waals surface area (Å²) < 4.78 is 11.8. The number of esters is 1. The van der Waals surface area contributed by atoms with E-state index in [4.69, 9.17) is 9.47 Å². The van der Waals surface area contributed by atoms with Crippen LogP contribution in [0.2, 0.25) is 0 Å². The van der Waals surface area contributed by atoms with Crippen molar-refractivity contribution >= 4 is 34.4 Å². The number of thiophene rings is 1. The first-order valence-electron chi connectivity index (χ1n) is 11.5. The average Bonchev–Trinajstić information content (AvgIpc) is 3.18. The Morgan fingerprint density at radius 2 is 1.97 bits per heavy atom. The number of hydrogen-bond donors (Lipinski definition) is 0. The van der Waals surface area contributed by atoms with Crippen LogP contribution in [0.3, 0.4) is 0 Å². The van der Waals surface area contributed by atoms with Crippen LogP contribution in [0.4, 0.5) is 0 Å². The van der Waals surface area contributed by atoms with Crippen molar-refractivity contribution in [1.29, 1.82) is 0 Å². The van der Waals surface area contributed by atoms with Crippen LogP contribution in [0.1, 0.15) is 87.8 Å². The first-order valence-corrected chi connectivity index (χ1v) is 12.3. The lowest BCUT2D eigenvalue weighted by atomic mass is 9.76. The third-order valence-electron chi connectivity index (χ3n) is 6.03. The van der Waals surface area contributed by atoms with Crippen LogP contribution < -0.4 is 0 Å². The van der Waals surface area contributed by atoms with Crippen molar-refractivity contribution in [2.75, 3.05) is 20.2 Å². The van der Waals surface area contributed by atoms with Crippen LogP contribution >= 0.6 is 11.3 Å². The second-order valence-corrected chi connectivity index (χ2v) is 11.8. The predicted octanol–water partition coefficient (Wildman–Crippen LogP) is 5.92. The molecule has 1 amide bonds. The molecule has 1 aliphatic heterocycles. The smallest absolute Gasteiger partial charge is 0.340 e. The van der Waals surface area contributed by atoms with Gasteiger partial charge in [0.2, 0.25) is 5.91 Å². The number of carbonyl (C=O) groups is 2. The summed E-state index contributed by atoms with van der Waals surface area (Å²) in [5.74, 6) is -0.341. The number of nitrogens with zero attached hydrogens (tertiary/aromatic N) is 1. The van der Waals surface area contributed by atoms with Crippen molar-refractivity contribution in [3.8, 4) is 0 Å². The highest BCUT2D eigenvalue weighted by Crippen LogP contribution is 2.48. The molecule has 0 spiro atoms. The van der Waals surface area contributed by atoms with Crippen LogP contribution in [-0.4, -0.2) is 42.6 Å². The summed E-state index contributed by atoms with van der Waals surface area (Å²) in [4.78, 5) is 29.2. The van der Waals surface area contributed by atoms with E-state index in [1.807, 2.05) is 41.7 Å². The van der Waals surface area contributed by atoms with E-state index in [0.717, 1.165) is 45.7 Å². The zero-order valence-corrected chi connectivity index (χ0v) is 21.6. The first kappa shape index (κ1) is 24.7. The van der Waals surface area contributed by atoms with E-state index >= 15 is 0 Å². The third-order valence-corrected chi connectivity index (χ3v) is 7.23. The largest absolute Gasteiger partial charge is 0.464 e. The maximum absolute atomic E-state index is 13.1.